The summed E-state index contributed by atoms with van der Waals surface area (Å²) in [6.45, 7) is 0.472. The smallest absolute Gasteiger partial charge is 0.256 e. The molecule has 0 saturated heterocycles. The third-order valence-corrected chi connectivity index (χ3v) is 5.96. The second kappa shape index (κ2) is 9.52. The molecule has 0 aliphatic carbocycles. The monoisotopic (exact) mass is 484 g/mol. The fourth-order valence-electron chi connectivity index (χ4n) is 3.93. The van der Waals surface area contributed by atoms with E-state index in [4.69, 9.17) is 16.0 Å². The molecule has 3 aromatic carbocycles. The number of hydrogen-bond donors (Lipinski definition) is 3. The van der Waals surface area contributed by atoms with Gasteiger partial charge in [-0.3, -0.25) is 9.59 Å². The van der Waals surface area contributed by atoms with Crippen LogP contribution in [0.15, 0.2) is 83.3 Å². The minimum Gasteiger partial charge on any atom is -0.508 e. The topological polar surface area (TPSA) is 91.6 Å². The molecule has 174 valence electrons. The van der Waals surface area contributed by atoms with Gasteiger partial charge < -0.3 is 20.2 Å². The van der Waals surface area contributed by atoms with Gasteiger partial charge in [0.15, 0.2) is 0 Å². The number of halogens is 1. The van der Waals surface area contributed by atoms with Crippen molar-refractivity contribution in [1.29, 1.82) is 0 Å². The Bertz CT molecular complexity index is 1450. The predicted molar refractivity (Wildman–Crippen MR) is 136 cm³/mol. The van der Waals surface area contributed by atoms with Crippen molar-refractivity contribution in [3.05, 3.63) is 106 Å². The summed E-state index contributed by atoms with van der Waals surface area (Å²) in [6.07, 6.45) is 2.34. The van der Waals surface area contributed by atoms with Crippen LogP contribution in [0.5, 0.6) is 5.75 Å². The number of phenols is 1. The van der Waals surface area contributed by atoms with Crippen LogP contribution in [0.2, 0.25) is 5.02 Å². The maximum atomic E-state index is 12.6. The van der Waals surface area contributed by atoms with Crippen LogP contribution in [0, 0.1) is 0 Å². The van der Waals surface area contributed by atoms with Crippen molar-refractivity contribution >= 4 is 40.8 Å². The molecule has 4 aromatic rings. The summed E-state index contributed by atoms with van der Waals surface area (Å²) in [4.78, 5) is 25.1. The van der Waals surface area contributed by atoms with Gasteiger partial charge in [0.25, 0.3) is 11.8 Å². The standard InChI is InChI=1S/C28H21ClN2O4/c29-20-6-10-25-23(15-20)24(28(34)31-25)16-22-9-11-26(35-22)18-2-1-3-19(14-18)27(33)30-13-12-17-4-7-21(32)8-5-17/h1-11,14-16,32H,12-13H2,(H,30,33)(H,31,34)/b24-16+. The summed E-state index contributed by atoms with van der Waals surface area (Å²) in [5.41, 5.74) is 4.21. The van der Waals surface area contributed by atoms with Crippen LogP contribution in [0.25, 0.3) is 23.0 Å². The summed E-state index contributed by atoms with van der Waals surface area (Å²) >= 11 is 6.10. The number of phenolic OH excluding ortho intramolecular Hbond substituents is 1. The zero-order chi connectivity index (χ0) is 24.4. The largest absolute Gasteiger partial charge is 0.508 e. The first-order valence-corrected chi connectivity index (χ1v) is 11.4. The molecule has 1 aliphatic heterocycles. The zero-order valence-electron chi connectivity index (χ0n) is 18.5. The number of fused-ring (bicyclic) bond motifs is 1. The number of carbonyl (C=O) groups is 2. The van der Waals surface area contributed by atoms with Crippen molar-refractivity contribution in [3.8, 4) is 17.1 Å². The van der Waals surface area contributed by atoms with E-state index in [0.29, 0.717) is 46.3 Å². The molecule has 0 atom stereocenters. The lowest BCUT2D eigenvalue weighted by atomic mass is 10.1. The van der Waals surface area contributed by atoms with Gasteiger partial charge in [0, 0.05) is 33.9 Å². The molecule has 1 aromatic heterocycles. The van der Waals surface area contributed by atoms with E-state index < -0.39 is 0 Å². The van der Waals surface area contributed by atoms with Crippen molar-refractivity contribution in [2.24, 2.45) is 0 Å². The predicted octanol–water partition coefficient (Wildman–Crippen LogP) is 5.77. The fraction of sp³-hybridized carbons (Fsp3) is 0.0714. The minimum absolute atomic E-state index is 0.185. The van der Waals surface area contributed by atoms with Crippen LogP contribution < -0.4 is 10.6 Å². The SMILES string of the molecule is O=C1Nc2ccc(Cl)cc2/C1=C\c1ccc(-c2cccc(C(=O)NCCc3ccc(O)cc3)c2)o1. The fourth-order valence-corrected chi connectivity index (χ4v) is 4.10. The third-order valence-electron chi connectivity index (χ3n) is 5.72. The van der Waals surface area contributed by atoms with Crippen molar-refractivity contribution in [1.82, 2.24) is 5.32 Å². The van der Waals surface area contributed by atoms with Gasteiger partial charge in [0.2, 0.25) is 0 Å². The number of carbonyl (C=O) groups excluding carboxylic acids is 2. The molecule has 0 unspecified atom stereocenters. The molecule has 0 radical (unpaired) electrons. The van der Waals surface area contributed by atoms with Gasteiger partial charge in [0.05, 0.1) is 5.57 Å². The molecule has 35 heavy (non-hydrogen) atoms. The number of nitrogens with one attached hydrogen (secondary N) is 2. The van der Waals surface area contributed by atoms with E-state index in [1.165, 1.54) is 0 Å². The van der Waals surface area contributed by atoms with Crippen molar-refractivity contribution < 1.29 is 19.1 Å². The molecular weight excluding hydrogens is 464 g/mol. The highest BCUT2D eigenvalue weighted by Crippen LogP contribution is 2.35. The number of benzene rings is 3. The van der Waals surface area contributed by atoms with Gasteiger partial charge in [-0.15, -0.1) is 0 Å². The van der Waals surface area contributed by atoms with Crippen LogP contribution in [-0.4, -0.2) is 23.5 Å². The molecule has 2 amide bonds. The maximum Gasteiger partial charge on any atom is 0.256 e. The van der Waals surface area contributed by atoms with Crippen molar-refractivity contribution in [2.75, 3.05) is 11.9 Å². The van der Waals surface area contributed by atoms with Crippen LogP contribution in [0.3, 0.4) is 0 Å². The van der Waals surface area contributed by atoms with Crippen molar-refractivity contribution in [2.45, 2.75) is 6.42 Å². The number of anilines is 1. The molecule has 3 N–H and O–H groups in total. The first-order chi connectivity index (χ1) is 17.0. The lowest BCUT2D eigenvalue weighted by Gasteiger charge is -2.07. The lowest BCUT2D eigenvalue weighted by molar-refractivity contribution is -0.110. The summed E-state index contributed by atoms with van der Waals surface area (Å²) in [6, 6.07) is 22.9. The Morgan fingerprint density at radius 2 is 1.86 bits per heavy atom. The first kappa shape index (κ1) is 22.5. The molecule has 1 aliphatic rings. The van der Waals surface area contributed by atoms with Crippen molar-refractivity contribution in [3.63, 3.8) is 0 Å². The summed E-state index contributed by atoms with van der Waals surface area (Å²) in [5.74, 6) is 0.913. The van der Waals surface area contributed by atoms with Gasteiger partial charge in [-0.1, -0.05) is 35.9 Å². The molecule has 7 heteroatoms. The Hall–Kier alpha value is -4.29. The molecule has 0 fully saturated rings. The minimum atomic E-state index is -0.216. The molecule has 0 saturated carbocycles. The van der Waals surface area contributed by atoms with E-state index in [2.05, 4.69) is 10.6 Å². The summed E-state index contributed by atoms with van der Waals surface area (Å²) in [5, 5.41) is 15.7. The number of amides is 2. The normalized spacial score (nSPS) is 13.5. The summed E-state index contributed by atoms with van der Waals surface area (Å²) in [7, 11) is 0. The average molecular weight is 485 g/mol. The average Bonchev–Trinajstić information content (AvgIpc) is 3.45. The van der Waals surface area contributed by atoms with Gasteiger partial charge in [0.1, 0.15) is 17.3 Å². The second-order valence-corrected chi connectivity index (χ2v) is 8.59. The van der Waals surface area contributed by atoms with E-state index in [0.717, 1.165) is 16.7 Å². The molecule has 6 nitrogen and oxygen atoms in total. The number of rotatable bonds is 6. The van der Waals surface area contributed by atoms with Crippen LogP contribution in [0.4, 0.5) is 5.69 Å². The lowest BCUT2D eigenvalue weighted by Crippen LogP contribution is -2.25. The highest BCUT2D eigenvalue weighted by molar-refractivity contribution is 6.36. The zero-order valence-corrected chi connectivity index (χ0v) is 19.3. The highest BCUT2D eigenvalue weighted by Gasteiger charge is 2.24. The molecule has 0 bridgehead atoms. The van der Waals surface area contributed by atoms with Gasteiger partial charge in [-0.2, -0.15) is 0 Å². The van der Waals surface area contributed by atoms with E-state index in [1.807, 2.05) is 18.2 Å². The Balaban J connectivity index is 1.29. The number of aromatic hydroxyl groups is 1. The molecule has 5 rings (SSSR count). The highest BCUT2D eigenvalue weighted by atomic mass is 35.5. The quantitative estimate of drug-likeness (QED) is 0.303. The Morgan fingerprint density at radius 3 is 2.69 bits per heavy atom. The number of furan rings is 1. The summed E-state index contributed by atoms with van der Waals surface area (Å²) < 4.78 is 5.97. The van der Waals surface area contributed by atoms with E-state index >= 15 is 0 Å². The first-order valence-electron chi connectivity index (χ1n) is 11.1. The molecular formula is C28H21ClN2O4. The van der Waals surface area contributed by atoms with E-state index in [-0.39, 0.29) is 17.6 Å². The van der Waals surface area contributed by atoms with Crippen LogP contribution in [-0.2, 0) is 11.2 Å². The third kappa shape index (κ3) is 4.98. The van der Waals surface area contributed by atoms with Gasteiger partial charge in [-0.25, -0.2) is 0 Å². The van der Waals surface area contributed by atoms with Gasteiger partial charge >= 0.3 is 0 Å². The number of hydrogen-bond acceptors (Lipinski definition) is 4. The molecule has 2 heterocycles. The maximum absolute atomic E-state index is 12.6. The van der Waals surface area contributed by atoms with E-state index in [1.54, 1.807) is 66.7 Å². The molecule has 0 spiro atoms. The van der Waals surface area contributed by atoms with Crippen LogP contribution in [0.1, 0.15) is 27.2 Å². The Kier molecular flexibility index (Phi) is 6.12. The van der Waals surface area contributed by atoms with E-state index in [9.17, 15) is 14.7 Å². The van der Waals surface area contributed by atoms with Crippen LogP contribution >= 0.6 is 11.6 Å². The Labute approximate surface area is 206 Å². The second-order valence-electron chi connectivity index (χ2n) is 8.16. The van der Waals surface area contributed by atoms with Gasteiger partial charge in [-0.05, 0) is 72.7 Å². The Morgan fingerprint density at radius 1 is 1.03 bits per heavy atom.